The molecule has 6 nitrogen and oxygen atoms in total. The highest BCUT2D eigenvalue weighted by Gasteiger charge is 2.17. The molecule has 0 aliphatic rings. The van der Waals surface area contributed by atoms with E-state index >= 15 is 0 Å². The zero-order valence-electron chi connectivity index (χ0n) is 7.05. The van der Waals surface area contributed by atoms with Crippen molar-refractivity contribution in [2.45, 2.75) is 13.8 Å². The number of carbonyl (C=O) groups is 2. The lowest BCUT2D eigenvalue weighted by atomic mass is 10.7. The van der Waals surface area contributed by atoms with Gasteiger partial charge in [-0.05, 0) is 13.8 Å². The molecule has 2 N–H and O–H groups in total. The summed E-state index contributed by atoms with van der Waals surface area (Å²) in [6.45, 7) is 4.31. The highest BCUT2D eigenvalue weighted by atomic mass is 16.7. The lowest BCUT2D eigenvalue weighted by Crippen LogP contribution is -2.31. The van der Waals surface area contributed by atoms with Crippen molar-refractivity contribution in [3.05, 3.63) is 0 Å². The molecular weight excluding hydrogens is 164 g/mol. The van der Waals surface area contributed by atoms with E-state index in [-0.39, 0.29) is 0 Å². The Labute approximate surface area is 70.1 Å². The fourth-order valence-electron chi connectivity index (χ4n) is 0.359. The summed E-state index contributed by atoms with van der Waals surface area (Å²) in [5.74, 6) is -2.14. The van der Waals surface area contributed by atoms with Crippen LogP contribution >= 0.6 is 0 Å². The molecule has 0 heterocycles. The first-order chi connectivity index (χ1) is 5.72. The Morgan fingerprint density at radius 3 is 1.58 bits per heavy atom. The second kappa shape index (κ2) is 6.56. The van der Waals surface area contributed by atoms with Crippen LogP contribution in [0.2, 0.25) is 0 Å². The van der Waals surface area contributed by atoms with E-state index in [9.17, 15) is 9.59 Å². The van der Waals surface area contributed by atoms with Crippen LogP contribution in [0.1, 0.15) is 13.8 Å². The van der Waals surface area contributed by atoms with Gasteiger partial charge < -0.3 is 9.68 Å². The predicted octanol–water partition coefficient (Wildman–Crippen LogP) is -0.878. The van der Waals surface area contributed by atoms with Crippen LogP contribution in [-0.2, 0) is 19.3 Å². The van der Waals surface area contributed by atoms with Gasteiger partial charge >= 0.3 is 11.9 Å². The maximum atomic E-state index is 10.6. The highest BCUT2D eigenvalue weighted by Crippen LogP contribution is 1.78. The summed E-state index contributed by atoms with van der Waals surface area (Å²) >= 11 is 0. The SMILES string of the molecule is CCNOC(=O)C(=O)ONCC. The summed E-state index contributed by atoms with van der Waals surface area (Å²) in [7, 11) is 0. The van der Waals surface area contributed by atoms with Crippen molar-refractivity contribution in [2.75, 3.05) is 13.1 Å². The smallest absolute Gasteiger partial charge is 0.362 e. The van der Waals surface area contributed by atoms with E-state index in [1.165, 1.54) is 0 Å². The van der Waals surface area contributed by atoms with Crippen LogP contribution in [-0.4, -0.2) is 25.0 Å². The van der Waals surface area contributed by atoms with Gasteiger partial charge in [0.15, 0.2) is 0 Å². The van der Waals surface area contributed by atoms with Crippen molar-refractivity contribution in [3.63, 3.8) is 0 Å². The van der Waals surface area contributed by atoms with Crippen LogP contribution < -0.4 is 11.0 Å². The minimum Gasteiger partial charge on any atom is -0.362 e. The number of hydrogen-bond donors (Lipinski definition) is 2. The van der Waals surface area contributed by atoms with Crippen LogP contribution in [0.3, 0.4) is 0 Å². The van der Waals surface area contributed by atoms with Crippen molar-refractivity contribution in [3.8, 4) is 0 Å². The van der Waals surface area contributed by atoms with Crippen molar-refractivity contribution in [2.24, 2.45) is 0 Å². The largest absolute Gasteiger partial charge is 0.437 e. The van der Waals surface area contributed by atoms with Gasteiger partial charge in [-0.2, -0.15) is 11.0 Å². The quantitative estimate of drug-likeness (QED) is 0.428. The first kappa shape index (κ1) is 10.9. The molecule has 70 valence electrons. The summed E-state index contributed by atoms with van der Waals surface area (Å²) in [5, 5.41) is 0. The van der Waals surface area contributed by atoms with E-state index in [2.05, 4.69) is 20.6 Å². The van der Waals surface area contributed by atoms with E-state index in [1.54, 1.807) is 13.8 Å². The molecule has 0 aromatic rings. The van der Waals surface area contributed by atoms with Crippen LogP contribution in [0, 0.1) is 0 Å². The van der Waals surface area contributed by atoms with Crippen LogP contribution in [0.25, 0.3) is 0 Å². The number of hydrogen-bond acceptors (Lipinski definition) is 6. The van der Waals surface area contributed by atoms with E-state index in [0.717, 1.165) is 0 Å². The first-order valence-electron chi connectivity index (χ1n) is 3.60. The molecule has 0 radical (unpaired) electrons. The number of nitrogens with one attached hydrogen (secondary N) is 2. The molecule has 0 aliphatic carbocycles. The minimum atomic E-state index is -1.07. The third kappa shape index (κ3) is 4.64. The summed E-state index contributed by atoms with van der Waals surface area (Å²) in [4.78, 5) is 29.7. The molecule has 0 atom stereocenters. The van der Waals surface area contributed by atoms with Gasteiger partial charge in [0.05, 0.1) is 0 Å². The molecule has 0 spiro atoms. The lowest BCUT2D eigenvalue weighted by Gasteiger charge is -2.02. The van der Waals surface area contributed by atoms with Gasteiger partial charge in [0.25, 0.3) is 0 Å². The van der Waals surface area contributed by atoms with Gasteiger partial charge in [0, 0.05) is 13.1 Å². The predicted molar refractivity (Wildman–Crippen MR) is 39.5 cm³/mol. The maximum absolute atomic E-state index is 10.6. The van der Waals surface area contributed by atoms with E-state index in [4.69, 9.17) is 0 Å². The summed E-state index contributed by atoms with van der Waals surface area (Å²) in [6.07, 6.45) is 0. The molecule has 0 unspecified atom stereocenters. The summed E-state index contributed by atoms with van der Waals surface area (Å²) in [6, 6.07) is 0. The molecule has 0 aromatic carbocycles. The van der Waals surface area contributed by atoms with E-state index in [0.29, 0.717) is 13.1 Å². The summed E-state index contributed by atoms with van der Waals surface area (Å²) in [5.41, 5.74) is 4.45. The standard InChI is InChI=1S/C6H12N2O4/c1-3-7-11-5(9)6(10)12-8-4-2/h7-8H,3-4H2,1-2H3. The number of carbonyl (C=O) groups excluding carboxylic acids is 2. The molecule has 0 saturated carbocycles. The highest BCUT2D eigenvalue weighted by molar-refractivity contribution is 6.29. The first-order valence-corrected chi connectivity index (χ1v) is 3.60. The van der Waals surface area contributed by atoms with E-state index in [1.807, 2.05) is 0 Å². The van der Waals surface area contributed by atoms with Gasteiger partial charge in [-0.1, -0.05) is 0 Å². The molecule has 0 amide bonds. The third-order valence-corrected chi connectivity index (χ3v) is 0.785. The Bertz CT molecular complexity index is 142. The molecular formula is C6H12N2O4. The molecule has 0 bridgehead atoms. The Kier molecular flexibility index (Phi) is 5.94. The topological polar surface area (TPSA) is 76.7 Å². The van der Waals surface area contributed by atoms with Crippen molar-refractivity contribution >= 4 is 11.9 Å². The zero-order chi connectivity index (χ0) is 9.40. The normalized spacial score (nSPS) is 9.17. The molecule has 0 fully saturated rings. The minimum absolute atomic E-state index is 0.431. The Balaban J connectivity index is 3.55. The fraction of sp³-hybridized carbons (Fsp3) is 0.667. The Morgan fingerprint density at radius 2 is 1.33 bits per heavy atom. The van der Waals surface area contributed by atoms with Gasteiger partial charge in [-0.25, -0.2) is 9.59 Å². The molecule has 0 rings (SSSR count). The Hall–Kier alpha value is -1.14. The average Bonchev–Trinajstić information content (AvgIpc) is 2.10. The maximum Gasteiger partial charge on any atom is 0.437 e. The average molecular weight is 176 g/mol. The lowest BCUT2D eigenvalue weighted by molar-refractivity contribution is -0.176. The van der Waals surface area contributed by atoms with Gasteiger partial charge in [0.1, 0.15) is 0 Å². The second-order valence-corrected chi connectivity index (χ2v) is 1.77. The second-order valence-electron chi connectivity index (χ2n) is 1.77. The van der Waals surface area contributed by atoms with Crippen LogP contribution in [0.5, 0.6) is 0 Å². The van der Waals surface area contributed by atoms with Crippen molar-refractivity contribution in [1.29, 1.82) is 0 Å². The van der Waals surface area contributed by atoms with E-state index < -0.39 is 11.9 Å². The Morgan fingerprint density at radius 1 is 1.00 bits per heavy atom. The molecule has 12 heavy (non-hydrogen) atoms. The van der Waals surface area contributed by atoms with Crippen LogP contribution in [0.4, 0.5) is 0 Å². The van der Waals surface area contributed by atoms with Crippen molar-refractivity contribution < 1.29 is 19.3 Å². The van der Waals surface area contributed by atoms with Crippen LogP contribution in [0.15, 0.2) is 0 Å². The molecule has 0 aliphatic heterocycles. The van der Waals surface area contributed by atoms with Gasteiger partial charge in [-0.15, -0.1) is 0 Å². The number of rotatable bonds is 4. The number of hydroxylamine groups is 2. The molecule has 0 aromatic heterocycles. The summed E-state index contributed by atoms with van der Waals surface area (Å²) < 4.78 is 0. The van der Waals surface area contributed by atoms with Gasteiger partial charge in [-0.3, -0.25) is 0 Å². The fourth-order valence-corrected chi connectivity index (χ4v) is 0.359. The molecule has 6 heteroatoms. The molecule has 0 saturated heterocycles. The monoisotopic (exact) mass is 176 g/mol. The third-order valence-electron chi connectivity index (χ3n) is 0.785. The zero-order valence-corrected chi connectivity index (χ0v) is 7.05. The van der Waals surface area contributed by atoms with Crippen molar-refractivity contribution in [1.82, 2.24) is 11.0 Å². The van der Waals surface area contributed by atoms with Gasteiger partial charge in [0.2, 0.25) is 0 Å².